The Balaban J connectivity index is 1.13. The summed E-state index contributed by atoms with van der Waals surface area (Å²) in [5.74, 6) is -0.215. The van der Waals surface area contributed by atoms with Gasteiger partial charge in [-0.3, -0.25) is 4.79 Å². The van der Waals surface area contributed by atoms with Crippen molar-refractivity contribution in [2.45, 2.75) is 211 Å². The molecule has 0 unspecified atom stereocenters. The molecule has 0 radical (unpaired) electrons. The molecule has 0 saturated carbocycles. The van der Waals surface area contributed by atoms with Crippen LogP contribution in [0.4, 0.5) is 0 Å². The fourth-order valence-corrected chi connectivity index (χ4v) is 7.15. The Morgan fingerprint density at radius 1 is 0.727 bits per heavy atom. The van der Waals surface area contributed by atoms with Crippen molar-refractivity contribution >= 4 is 11.8 Å². The van der Waals surface area contributed by atoms with Crippen molar-refractivity contribution in [3.8, 4) is 0 Å². The van der Waals surface area contributed by atoms with Crippen LogP contribution in [0.25, 0.3) is 0 Å². The lowest BCUT2D eigenvalue weighted by Gasteiger charge is -2.24. The van der Waals surface area contributed by atoms with Crippen molar-refractivity contribution in [2.75, 3.05) is 0 Å². The molecule has 2 saturated heterocycles. The van der Waals surface area contributed by atoms with E-state index >= 15 is 0 Å². The molecule has 2 fully saturated rings. The Kier molecular flexibility index (Phi) is 18.2. The second-order valence-corrected chi connectivity index (χ2v) is 13.9. The minimum atomic E-state index is -0.410. The average molecular weight is 621 g/mol. The zero-order valence-corrected chi connectivity index (χ0v) is 28.0. The number of ketones is 1. The van der Waals surface area contributed by atoms with E-state index in [1.165, 1.54) is 64.2 Å². The van der Waals surface area contributed by atoms with Crippen molar-refractivity contribution in [1.29, 1.82) is 0 Å². The Labute approximate surface area is 267 Å². The maximum Gasteiger partial charge on any atom is 0.334 e. The van der Waals surface area contributed by atoms with Crippen LogP contribution in [0.2, 0.25) is 0 Å². The van der Waals surface area contributed by atoms with Crippen LogP contribution < -0.4 is 0 Å². The van der Waals surface area contributed by atoms with E-state index in [1.54, 1.807) is 6.08 Å². The summed E-state index contributed by atoms with van der Waals surface area (Å²) in [4.78, 5) is 23.7. The molecule has 0 aromatic carbocycles. The first-order chi connectivity index (χ1) is 21.4. The van der Waals surface area contributed by atoms with Gasteiger partial charge in [0, 0.05) is 18.4 Å². The number of carbonyl (C=O) groups is 2. The predicted octanol–water partition coefficient (Wildman–Crippen LogP) is 8.07. The number of cyclic esters (lactones) is 1. The Morgan fingerprint density at radius 3 is 1.64 bits per heavy atom. The summed E-state index contributed by atoms with van der Waals surface area (Å²) in [5.41, 5.74) is 0.517. The molecule has 7 heteroatoms. The van der Waals surface area contributed by atoms with Crippen LogP contribution in [0, 0.1) is 0 Å². The van der Waals surface area contributed by atoms with Crippen LogP contribution in [0.5, 0.6) is 0 Å². The van der Waals surface area contributed by atoms with Gasteiger partial charge in [0.05, 0.1) is 36.6 Å². The number of aliphatic hydroxyl groups excluding tert-OH is 2. The van der Waals surface area contributed by atoms with Gasteiger partial charge in [-0.15, -0.1) is 0 Å². The third kappa shape index (κ3) is 14.0. The lowest BCUT2D eigenvalue weighted by Crippen LogP contribution is -2.33. The SMILES string of the molecule is CCCCCCCCCC[C@H](O)[C@@H]1CC[C@H]([C@@H]2CC[C@H]([C@@H](O)CCCCCCCCCCC(=O)CC3=C[C@@H](C)OC3=O)O2)O1. The predicted molar refractivity (Wildman–Crippen MR) is 174 cm³/mol. The quantitative estimate of drug-likeness (QED) is 0.0786. The van der Waals surface area contributed by atoms with Crippen LogP contribution in [0.15, 0.2) is 11.6 Å². The fourth-order valence-electron chi connectivity index (χ4n) is 7.15. The first-order valence-electron chi connectivity index (χ1n) is 18.5. The molecule has 44 heavy (non-hydrogen) atoms. The van der Waals surface area contributed by atoms with Gasteiger partial charge in [-0.2, -0.15) is 0 Å². The zero-order chi connectivity index (χ0) is 31.6. The van der Waals surface area contributed by atoms with Crippen molar-refractivity contribution in [1.82, 2.24) is 0 Å². The molecule has 3 heterocycles. The highest BCUT2D eigenvalue weighted by atomic mass is 16.6. The van der Waals surface area contributed by atoms with E-state index in [0.717, 1.165) is 77.0 Å². The maximum atomic E-state index is 12.1. The second-order valence-electron chi connectivity index (χ2n) is 13.9. The first kappa shape index (κ1) is 37.2. The molecule has 7 atom stereocenters. The van der Waals surface area contributed by atoms with Gasteiger partial charge in [0.25, 0.3) is 0 Å². The zero-order valence-electron chi connectivity index (χ0n) is 28.0. The highest BCUT2D eigenvalue weighted by Gasteiger charge is 2.40. The van der Waals surface area contributed by atoms with E-state index in [0.29, 0.717) is 12.0 Å². The normalized spacial score (nSPS) is 26.6. The summed E-state index contributed by atoms with van der Waals surface area (Å²) in [6.07, 6.45) is 25.7. The van der Waals surface area contributed by atoms with E-state index in [4.69, 9.17) is 14.2 Å². The number of carbonyl (C=O) groups excluding carboxylic acids is 2. The molecule has 0 spiro atoms. The van der Waals surface area contributed by atoms with Crippen LogP contribution in [-0.4, -0.2) is 64.7 Å². The fraction of sp³-hybridized carbons (Fsp3) is 0.892. The summed E-state index contributed by atoms with van der Waals surface area (Å²) >= 11 is 0. The van der Waals surface area contributed by atoms with Crippen molar-refractivity contribution in [2.24, 2.45) is 0 Å². The molecule has 0 bridgehead atoms. The number of unbranched alkanes of at least 4 members (excludes halogenated alkanes) is 14. The van der Waals surface area contributed by atoms with Gasteiger partial charge < -0.3 is 24.4 Å². The molecule has 2 N–H and O–H groups in total. The summed E-state index contributed by atoms with van der Waals surface area (Å²) in [6.45, 7) is 4.06. The largest absolute Gasteiger partial charge is 0.455 e. The van der Waals surface area contributed by atoms with Gasteiger partial charge in [0.15, 0.2) is 0 Å². The monoisotopic (exact) mass is 620 g/mol. The highest BCUT2D eigenvalue weighted by molar-refractivity contribution is 5.97. The minimum absolute atomic E-state index is 0.0465. The topological polar surface area (TPSA) is 102 Å². The van der Waals surface area contributed by atoms with Crippen LogP contribution in [-0.2, 0) is 23.8 Å². The molecule has 254 valence electrons. The van der Waals surface area contributed by atoms with E-state index in [9.17, 15) is 19.8 Å². The van der Waals surface area contributed by atoms with Gasteiger partial charge >= 0.3 is 5.97 Å². The Hall–Kier alpha value is -1.28. The molecule has 0 aliphatic carbocycles. The number of Topliss-reactive ketones (excluding diaryl/α,β-unsaturated/α-hetero) is 1. The van der Waals surface area contributed by atoms with E-state index in [-0.39, 0.29) is 54.8 Å². The average Bonchev–Trinajstić information content (AvgIpc) is 3.75. The van der Waals surface area contributed by atoms with Gasteiger partial charge in [-0.1, -0.05) is 103 Å². The Morgan fingerprint density at radius 2 is 1.18 bits per heavy atom. The highest BCUT2D eigenvalue weighted by Crippen LogP contribution is 2.34. The first-order valence-corrected chi connectivity index (χ1v) is 18.5. The number of hydrogen-bond donors (Lipinski definition) is 2. The minimum Gasteiger partial charge on any atom is -0.455 e. The van der Waals surface area contributed by atoms with Gasteiger partial charge in [-0.05, 0) is 57.9 Å². The molecule has 0 aromatic heterocycles. The number of rotatable bonds is 25. The molecule has 3 rings (SSSR count). The third-order valence-corrected chi connectivity index (χ3v) is 9.88. The third-order valence-electron chi connectivity index (χ3n) is 9.88. The number of ether oxygens (including phenoxy) is 3. The van der Waals surface area contributed by atoms with E-state index in [1.807, 2.05) is 6.92 Å². The molecular weight excluding hydrogens is 556 g/mol. The van der Waals surface area contributed by atoms with Crippen LogP contribution in [0.3, 0.4) is 0 Å². The van der Waals surface area contributed by atoms with Gasteiger partial charge in [-0.25, -0.2) is 4.79 Å². The number of esters is 1. The van der Waals surface area contributed by atoms with Gasteiger partial charge in [0.2, 0.25) is 0 Å². The summed E-state index contributed by atoms with van der Waals surface area (Å²) in [7, 11) is 0. The number of aliphatic hydroxyl groups is 2. The molecule has 0 amide bonds. The smallest absolute Gasteiger partial charge is 0.334 e. The van der Waals surface area contributed by atoms with E-state index in [2.05, 4.69) is 6.92 Å². The molecular formula is C37H64O7. The molecule has 3 aliphatic rings. The second kappa shape index (κ2) is 21.5. The summed E-state index contributed by atoms with van der Waals surface area (Å²) in [5, 5.41) is 21.4. The summed E-state index contributed by atoms with van der Waals surface area (Å²) in [6, 6.07) is 0. The molecule has 0 aromatic rings. The van der Waals surface area contributed by atoms with Crippen molar-refractivity contribution < 1.29 is 34.0 Å². The van der Waals surface area contributed by atoms with E-state index < -0.39 is 6.10 Å². The molecule has 7 nitrogen and oxygen atoms in total. The summed E-state index contributed by atoms with van der Waals surface area (Å²) < 4.78 is 17.6. The standard InChI is InChI=1S/C37H64O7/c1-3-4-5-6-7-11-14-17-20-31(39)33-22-24-35(43-33)36-25-23-34(44-36)32(40)21-18-15-12-9-8-10-13-16-19-30(38)27-29-26-28(2)42-37(29)41/h26,28,31-36,39-40H,3-25,27H2,1-2H3/t28-,31+,32+,33+,34-,35-,36+/m1/s1. The molecule has 3 aliphatic heterocycles. The maximum absolute atomic E-state index is 12.1. The van der Waals surface area contributed by atoms with Crippen molar-refractivity contribution in [3.63, 3.8) is 0 Å². The lowest BCUT2D eigenvalue weighted by atomic mass is 10.00. The van der Waals surface area contributed by atoms with Crippen LogP contribution >= 0.6 is 0 Å². The van der Waals surface area contributed by atoms with Crippen LogP contribution in [0.1, 0.15) is 168 Å². The lowest BCUT2D eigenvalue weighted by molar-refractivity contribution is -0.139. The van der Waals surface area contributed by atoms with Crippen molar-refractivity contribution in [3.05, 3.63) is 11.6 Å². The van der Waals surface area contributed by atoms with Gasteiger partial charge in [0.1, 0.15) is 11.9 Å². The number of hydrogen-bond acceptors (Lipinski definition) is 7. The Bertz CT molecular complexity index is 842.